The minimum Gasteiger partial charge on any atom is -0.396 e. The van der Waals surface area contributed by atoms with Crippen LogP contribution in [0.3, 0.4) is 0 Å². The Labute approximate surface area is 237 Å². The van der Waals surface area contributed by atoms with Crippen molar-refractivity contribution < 1.29 is 14.4 Å². The monoisotopic (exact) mass is 532 g/mol. The summed E-state index contributed by atoms with van der Waals surface area (Å²) < 4.78 is 0.852. The molecule has 0 fully saturated rings. The van der Waals surface area contributed by atoms with E-state index in [1.807, 2.05) is 72.8 Å². The fourth-order valence-electron chi connectivity index (χ4n) is 5.07. The Hall–Kier alpha value is -4.24. The van der Waals surface area contributed by atoms with Crippen LogP contribution in [-0.2, 0) is 19.4 Å². The van der Waals surface area contributed by atoms with Gasteiger partial charge in [0.2, 0.25) is 0 Å². The van der Waals surface area contributed by atoms with Gasteiger partial charge in [-0.1, -0.05) is 72.8 Å². The van der Waals surface area contributed by atoms with Gasteiger partial charge in [-0.3, -0.25) is 4.79 Å². The van der Waals surface area contributed by atoms with Gasteiger partial charge in [0.25, 0.3) is 5.91 Å². The molecule has 4 aromatic rings. The molecule has 0 radical (unpaired) electrons. The zero-order valence-corrected chi connectivity index (χ0v) is 23.5. The van der Waals surface area contributed by atoms with Crippen LogP contribution >= 0.6 is 0 Å². The first-order valence-electron chi connectivity index (χ1n) is 13.7. The van der Waals surface area contributed by atoms with Crippen LogP contribution in [0.25, 0.3) is 11.1 Å². The van der Waals surface area contributed by atoms with Crippen molar-refractivity contribution in [2.24, 2.45) is 5.92 Å². The zero-order valence-electron chi connectivity index (χ0n) is 23.5. The topological polar surface area (TPSA) is 73.1 Å². The van der Waals surface area contributed by atoms with Crippen molar-refractivity contribution in [1.82, 2.24) is 5.32 Å². The summed E-state index contributed by atoms with van der Waals surface area (Å²) in [5, 5.41) is 22.9. The van der Waals surface area contributed by atoms with E-state index in [0.717, 1.165) is 33.3 Å². The molecule has 0 saturated heterocycles. The van der Waals surface area contributed by atoms with Crippen LogP contribution in [0.4, 0.5) is 0 Å². The Balaban J connectivity index is 1.53. The number of hydrogen-bond donors (Lipinski definition) is 2. The second-order valence-electron chi connectivity index (χ2n) is 11.5. The number of amides is 1. The molecule has 2 atom stereocenters. The summed E-state index contributed by atoms with van der Waals surface area (Å²) in [6.45, 7) is 0.848. The van der Waals surface area contributed by atoms with E-state index >= 15 is 0 Å². The number of nitriles is 1. The highest BCUT2D eigenvalue weighted by atomic mass is 16.3. The van der Waals surface area contributed by atoms with E-state index in [1.54, 1.807) is 6.07 Å². The average molecular weight is 533 g/mol. The molecule has 0 spiro atoms. The van der Waals surface area contributed by atoms with Crippen LogP contribution in [0.15, 0.2) is 103 Å². The Morgan fingerprint density at radius 1 is 0.800 bits per heavy atom. The van der Waals surface area contributed by atoms with Crippen molar-refractivity contribution in [3.05, 3.63) is 131 Å². The quantitative estimate of drug-likeness (QED) is 0.246. The second kappa shape index (κ2) is 13.2. The molecule has 0 aromatic heterocycles. The maximum Gasteiger partial charge on any atom is 0.251 e. The standard InChI is InChI=1S/C35H37N3O2/c1-38(2,3)24-29-13-8-14-32(21-29)30-15-17-31(18-16-30)35(40)37-34(22-26-9-5-4-6-10-26)33(25-39)20-27-11-7-12-28(19-27)23-36/h4-19,21,33-34,39H,20,22,24-25H2,1-3H3/p+1. The van der Waals surface area contributed by atoms with Gasteiger partial charge >= 0.3 is 0 Å². The smallest absolute Gasteiger partial charge is 0.251 e. The molecule has 0 aliphatic heterocycles. The van der Waals surface area contributed by atoms with Crippen molar-refractivity contribution in [2.75, 3.05) is 27.7 Å². The third kappa shape index (κ3) is 8.13. The van der Waals surface area contributed by atoms with Crippen LogP contribution in [-0.4, -0.2) is 49.3 Å². The van der Waals surface area contributed by atoms with Crippen molar-refractivity contribution in [3.63, 3.8) is 0 Å². The summed E-state index contributed by atoms with van der Waals surface area (Å²) in [4.78, 5) is 13.4. The maximum atomic E-state index is 13.4. The van der Waals surface area contributed by atoms with Gasteiger partial charge in [0, 0.05) is 29.7 Å². The second-order valence-corrected chi connectivity index (χ2v) is 11.5. The predicted octanol–water partition coefficient (Wildman–Crippen LogP) is 5.62. The third-order valence-electron chi connectivity index (χ3n) is 7.04. The Morgan fingerprint density at radius 3 is 2.15 bits per heavy atom. The van der Waals surface area contributed by atoms with Gasteiger partial charge in [0.1, 0.15) is 6.54 Å². The molecule has 2 unspecified atom stereocenters. The first-order chi connectivity index (χ1) is 19.2. The molecule has 5 nitrogen and oxygen atoms in total. The van der Waals surface area contributed by atoms with Gasteiger partial charge in [-0.2, -0.15) is 5.26 Å². The number of nitrogens with one attached hydrogen (secondary N) is 1. The van der Waals surface area contributed by atoms with Gasteiger partial charge in [-0.25, -0.2) is 0 Å². The highest BCUT2D eigenvalue weighted by Gasteiger charge is 2.24. The molecule has 0 saturated carbocycles. The summed E-state index contributed by atoms with van der Waals surface area (Å²) in [6, 6.07) is 35.5. The van der Waals surface area contributed by atoms with Gasteiger partial charge in [-0.15, -0.1) is 0 Å². The highest BCUT2D eigenvalue weighted by molar-refractivity contribution is 5.95. The highest BCUT2D eigenvalue weighted by Crippen LogP contribution is 2.23. The van der Waals surface area contributed by atoms with Crippen LogP contribution in [0, 0.1) is 17.2 Å². The van der Waals surface area contributed by atoms with E-state index in [-0.39, 0.29) is 24.5 Å². The maximum absolute atomic E-state index is 13.4. The first-order valence-corrected chi connectivity index (χ1v) is 13.7. The lowest BCUT2D eigenvalue weighted by molar-refractivity contribution is -0.884. The molecule has 4 rings (SSSR count). The van der Waals surface area contributed by atoms with E-state index in [4.69, 9.17) is 0 Å². The lowest BCUT2D eigenvalue weighted by Gasteiger charge is -2.27. The lowest BCUT2D eigenvalue weighted by Crippen LogP contribution is -2.44. The Bertz CT molecular complexity index is 1450. The number of carbonyl (C=O) groups excluding carboxylic acids is 1. The van der Waals surface area contributed by atoms with Crippen molar-refractivity contribution in [2.45, 2.75) is 25.4 Å². The normalized spacial score (nSPS) is 12.8. The van der Waals surface area contributed by atoms with Gasteiger partial charge < -0.3 is 14.9 Å². The molecular weight excluding hydrogens is 494 g/mol. The van der Waals surface area contributed by atoms with E-state index in [9.17, 15) is 15.2 Å². The Kier molecular flexibility index (Phi) is 9.50. The molecule has 0 aliphatic rings. The average Bonchev–Trinajstić information content (AvgIpc) is 2.95. The lowest BCUT2D eigenvalue weighted by atomic mass is 9.88. The summed E-state index contributed by atoms with van der Waals surface area (Å²) in [7, 11) is 6.53. The molecule has 4 aromatic carbocycles. The molecule has 0 aliphatic carbocycles. The third-order valence-corrected chi connectivity index (χ3v) is 7.04. The number of benzene rings is 4. The number of aliphatic hydroxyl groups excluding tert-OH is 1. The number of aliphatic hydroxyl groups is 1. The fourth-order valence-corrected chi connectivity index (χ4v) is 5.07. The number of nitrogens with zero attached hydrogens (tertiary/aromatic N) is 2. The van der Waals surface area contributed by atoms with Crippen LogP contribution < -0.4 is 5.32 Å². The van der Waals surface area contributed by atoms with Crippen molar-refractivity contribution >= 4 is 5.91 Å². The minimum atomic E-state index is -0.294. The Morgan fingerprint density at radius 2 is 1.48 bits per heavy atom. The molecule has 1 amide bonds. The van der Waals surface area contributed by atoms with E-state index in [0.29, 0.717) is 24.0 Å². The molecule has 5 heteroatoms. The minimum absolute atomic E-state index is 0.0862. The van der Waals surface area contributed by atoms with Gasteiger partial charge in [0.05, 0.1) is 32.8 Å². The predicted molar refractivity (Wildman–Crippen MR) is 160 cm³/mol. The summed E-state index contributed by atoms with van der Waals surface area (Å²) >= 11 is 0. The van der Waals surface area contributed by atoms with Crippen molar-refractivity contribution in [1.29, 1.82) is 5.26 Å². The molecule has 40 heavy (non-hydrogen) atoms. The fraction of sp³-hybridized carbons (Fsp3) is 0.257. The van der Waals surface area contributed by atoms with E-state index in [2.05, 4.69) is 56.8 Å². The summed E-state index contributed by atoms with van der Waals surface area (Å²) in [5.74, 6) is -0.392. The molecule has 204 valence electrons. The summed E-state index contributed by atoms with van der Waals surface area (Å²) in [6.07, 6.45) is 1.14. The number of carbonyl (C=O) groups is 1. The number of quaternary nitrogens is 1. The van der Waals surface area contributed by atoms with Crippen LogP contribution in [0.1, 0.15) is 32.6 Å². The van der Waals surface area contributed by atoms with Crippen LogP contribution in [0.5, 0.6) is 0 Å². The van der Waals surface area contributed by atoms with Gasteiger partial charge in [-0.05, 0) is 65.4 Å². The number of hydrogen-bond acceptors (Lipinski definition) is 3. The van der Waals surface area contributed by atoms with Crippen LogP contribution in [0.2, 0.25) is 0 Å². The van der Waals surface area contributed by atoms with E-state index < -0.39 is 0 Å². The zero-order chi connectivity index (χ0) is 28.5. The van der Waals surface area contributed by atoms with Gasteiger partial charge in [0.15, 0.2) is 0 Å². The molecule has 0 heterocycles. The molecule has 2 N–H and O–H groups in total. The molecular formula is C35H38N3O2+. The largest absolute Gasteiger partial charge is 0.396 e. The molecule has 0 bridgehead atoms. The SMILES string of the molecule is C[N+](C)(C)Cc1cccc(-c2ccc(C(=O)NC(Cc3ccccc3)C(CO)Cc3cccc(C#N)c3)cc2)c1. The van der Waals surface area contributed by atoms with E-state index in [1.165, 1.54) is 5.56 Å². The number of rotatable bonds is 11. The summed E-state index contributed by atoms with van der Waals surface area (Å²) in [5.41, 5.74) is 6.66. The first kappa shape index (κ1) is 28.8. The van der Waals surface area contributed by atoms with Crippen molar-refractivity contribution in [3.8, 4) is 17.2 Å².